The number of amides is 1. The smallest absolute Gasteiger partial charge is 0.410 e. The molecule has 1 aromatic carbocycles. The second-order valence-electron chi connectivity index (χ2n) is 5.37. The minimum atomic E-state index is -1.06. The van der Waals surface area contributed by atoms with Gasteiger partial charge in [-0.15, -0.1) is 0 Å². The van der Waals surface area contributed by atoms with E-state index in [1.54, 1.807) is 4.90 Å². The first kappa shape index (κ1) is 16.7. The van der Waals surface area contributed by atoms with Crippen molar-refractivity contribution in [2.45, 2.75) is 31.7 Å². The number of hydrogen-bond acceptors (Lipinski definition) is 4. The summed E-state index contributed by atoms with van der Waals surface area (Å²) in [7, 11) is 0. The molecule has 6 heteroatoms. The van der Waals surface area contributed by atoms with E-state index in [0.717, 1.165) is 5.56 Å². The van der Waals surface area contributed by atoms with Crippen LogP contribution in [0.1, 0.15) is 18.4 Å². The highest BCUT2D eigenvalue weighted by atomic mass is 19.1. The van der Waals surface area contributed by atoms with Gasteiger partial charge in [0.25, 0.3) is 0 Å². The Morgan fingerprint density at radius 1 is 1.32 bits per heavy atom. The predicted octanol–water partition coefficient (Wildman–Crippen LogP) is 2.13. The number of ether oxygens (including phenoxy) is 2. The van der Waals surface area contributed by atoms with Crippen LogP contribution < -0.4 is 0 Å². The molecule has 1 amide bonds. The standard InChI is InChI=1S/C16H22FNO4/c17-10-14(19)12-21-15-6-8-18(9-7-15)16(20)22-11-13-4-2-1-3-5-13/h1-5,14-15,19H,6-12H2. The van der Waals surface area contributed by atoms with E-state index in [2.05, 4.69) is 0 Å². The van der Waals surface area contributed by atoms with Crippen molar-refractivity contribution in [3.63, 3.8) is 0 Å². The van der Waals surface area contributed by atoms with Crippen LogP contribution in [0.2, 0.25) is 0 Å². The van der Waals surface area contributed by atoms with Crippen molar-refractivity contribution >= 4 is 6.09 Å². The molecular formula is C16H22FNO4. The number of carbonyl (C=O) groups excluding carboxylic acids is 1. The second-order valence-corrected chi connectivity index (χ2v) is 5.37. The average molecular weight is 311 g/mol. The fourth-order valence-electron chi connectivity index (χ4n) is 2.31. The number of alkyl halides is 1. The van der Waals surface area contributed by atoms with Gasteiger partial charge in [-0.3, -0.25) is 0 Å². The van der Waals surface area contributed by atoms with E-state index in [1.807, 2.05) is 30.3 Å². The fraction of sp³-hybridized carbons (Fsp3) is 0.562. The summed E-state index contributed by atoms with van der Waals surface area (Å²) in [4.78, 5) is 13.6. The van der Waals surface area contributed by atoms with Crippen LogP contribution in [-0.2, 0) is 16.1 Å². The summed E-state index contributed by atoms with van der Waals surface area (Å²) in [5, 5.41) is 9.12. The minimum absolute atomic E-state index is 0.000377. The molecule has 5 nitrogen and oxygen atoms in total. The minimum Gasteiger partial charge on any atom is -0.445 e. The summed E-state index contributed by atoms with van der Waals surface area (Å²) < 4.78 is 22.8. The molecule has 0 saturated carbocycles. The molecule has 1 unspecified atom stereocenters. The first-order valence-electron chi connectivity index (χ1n) is 7.50. The Morgan fingerprint density at radius 3 is 2.64 bits per heavy atom. The molecule has 1 saturated heterocycles. The number of hydrogen-bond donors (Lipinski definition) is 1. The molecule has 1 aliphatic heterocycles. The van der Waals surface area contributed by atoms with Gasteiger partial charge in [0.05, 0.1) is 12.7 Å². The molecule has 0 spiro atoms. The van der Waals surface area contributed by atoms with Crippen LogP contribution in [0.15, 0.2) is 30.3 Å². The van der Waals surface area contributed by atoms with E-state index < -0.39 is 12.8 Å². The Balaban J connectivity index is 1.66. The lowest BCUT2D eigenvalue weighted by Crippen LogP contribution is -2.41. The molecule has 1 N–H and O–H groups in total. The van der Waals surface area contributed by atoms with Crippen molar-refractivity contribution in [1.29, 1.82) is 0 Å². The lowest BCUT2D eigenvalue weighted by molar-refractivity contribution is -0.0394. The van der Waals surface area contributed by atoms with Gasteiger partial charge in [0, 0.05) is 13.1 Å². The number of aliphatic hydroxyl groups excluding tert-OH is 1. The van der Waals surface area contributed by atoms with Gasteiger partial charge in [-0.1, -0.05) is 30.3 Å². The number of carbonyl (C=O) groups is 1. The Morgan fingerprint density at radius 2 is 2.00 bits per heavy atom. The van der Waals surface area contributed by atoms with Gasteiger partial charge in [0.1, 0.15) is 19.4 Å². The van der Waals surface area contributed by atoms with Crippen LogP contribution >= 0.6 is 0 Å². The third kappa shape index (κ3) is 5.27. The molecule has 0 aliphatic carbocycles. The van der Waals surface area contributed by atoms with E-state index >= 15 is 0 Å². The van der Waals surface area contributed by atoms with Crippen LogP contribution in [0.4, 0.5) is 9.18 Å². The summed E-state index contributed by atoms with van der Waals surface area (Å²) in [5.41, 5.74) is 0.953. The van der Waals surface area contributed by atoms with E-state index in [0.29, 0.717) is 25.9 Å². The van der Waals surface area contributed by atoms with Gasteiger partial charge in [0.2, 0.25) is 0 Å². The Bertz CT molecular complexity index is 449. The summed E-state index contributed by atoms with van der Waals surface area (Å²) >= 11 is 0. The van der Waals surface area contributed by atoms with E-state index in [4.69, 9.17) is 14.6 Å². The van der Waals surface area contributed by atoms with Gasteiger partial charge < -0.3 is 19.5 Å². The molecule has 0 aromatic heterocycles. The van der Waals surface area contributed by atoms with E-state index in [-0.39, 0.29) is 25.4 Å². The molecule has 1 heterocycles. The largest absolute Gasteiger partial charge is 0.445 e. The summed E-state index contributed by atoms with van der Waals surface area (Å²) in [6.07, 6.45) is -0.0989. The predicted molar refractivity (Wildman–Crippen MR) is 79.2 cm³/mol. The van der Waals surface area contributed by atoms with Crippen molar-refractivity contribution in [3.8, 4) is 0 Å². The first-order valence-corrected chi connectivity index (χ1v) is 7.50. The van der Waals surface area contributed by atoms with E-state index in [1.165, 1.54) is 0 Å². The average Bonchev–Trinajstić information content (AvgIpc) is 2.59. The van der Waals surface area contributed by atoms with Crippen LogP contribution in [0, 0.1) is 0 Å². The summed E-state index contributed by atoms with van der Waals surface area (Å²) in [5.74, 6) is 0. The van der Waals surface area contributed by atoms with Crippen LogP contribution in [0.3, 0.4) is 0 Å². The summed E-state index contributed by atoms with van der Waals surface area (Å²) in [6.45, 7) is 0.553. The van der Waals surface area contributed by atoms with Crippen molar-refractivity contribution < 1.29 is 23.8 Å². The normalized spacial score (nSPS) is 17.3. The molecule has 1 atom stereocenters. The number of piperidine rings is 1. The van der Waals surface area contributed by atoms with Gasteiger partial charge in [0.15, 0.2) is 0 Å². The fourth-order valence-corrected chi connectivity index (χ4v) is 2.31. The number of benzene rings is 1. The third-order valence-electron chi connectivity index (χ3n) is 3.61. The van der Waals surface area contributed by atoms with Crippen molar-refractivity contribution in [2.24, 2.45) is 0 Å². The highest BCUT2D eigenvalue weighted by molar-refractivity contribution is 5.67. The quantitative estimate of drug-likeness (QED) is 0.874. The van der Waals surface area contributed by atoms with Crippen molar-refractivity contribution in [1.82, 2.24) is 4.90 Å². The zero-order chi connectivity index (χ0) is 15.8. The number of halogens is 1. The van der Waals surface area contributed by atoms with Crippen molar-refractivity contribution in [2.75, 3.05) is 26.4 Å². The van der Waals surface area contributed by atoms with Crippen LogP contribution in [-0.4, -0.2) is 54.7 Å². The summed E-state index contributed by atoms with van der Waals surface area (Å²) in [6, 6.07) is 9.53. The monoisotopic (exact) mass is 311 g/mol. The maximum absolute atomic E-state index is 12.1. The maximum atomic E-state index is 12.1. The Hall–Kier alpha value is -1.66. The Kier molecular flexibility index (Phi) is 6.61. The van der Waals surface area contributed by atoms with Gasteiger partial charge in [-0.25, -0.2) is 9.18 Å². The number of likely N-dealkylation sites (tertiary alicyclic amines) is 1. The molecule has 2 rings (SSSR count). The van der Waals surface area contributed by atoms with Gasteiger partial charge >= 0.3 is 6.09 Å². The van der Waals surface area contributed by atoms with E-state index in [9.17, 15) is 9.18 Å². The molecule has 0 bridgehead atoms. The SMILES string of the molecule is O=C(OCc1ccccc1)N1CCC(OCC(O)CF)CC1. The molecule has 1 aromatic rings. The molecule has 0 radical (unpaired) electrons. The zero-order valence-corrected chi connectivity index (χ0v) is 12.5. The molecular weight excluding hydrogens is 289 g/mol. The molecule has 1 aliphatic rings. The Labute approximate surface area is 129 Å². The number of rotatable bonds is 6. The topological polar surface area (TPSA) is 59.0 Å². The van der Waals surface area contributed by atoms with Crippen molar-refractivity contribution in [3.05, 3.63) is 35.9 Å². The lowest BCUT2D eigenvalue weighted by Gasteiger charge is -2.31. The molecule has 1 fully saturated rings. The van der Waals surface area contributed by atoms with Crippen LogP contribution in [0.25, 0.3) is 0 Å². The highest BCUT2D eigenvalue weighted by Gasteiger charge is 2.24. The lowest BCUT2D eigenvalue weighted by atomic mass is 10.1. The first-order chi connectivity index (χ1) is 10.7. The van der Waals surface area contributed by atoms with Crippen LogP contribution in [0.5, 0.6) is 0 Å². The van der Waals surface area contributed by atoms with Gasteiger partial charge in [-0.05, 0) is 18.4 Å². The number of nitrogens with zero attached hydrogens (tertiary/aromatic N) is 1. The van der Waals surface area contributed by atoms with Gasteiger partial charge in [-0.2, -0.15) is 0 Å². The molecule has 22 heavy (non-hydrogen) atoms. The highest BCUT2D eigenvalue weighted by Crippen LogP contribution is 2.15. The third-order valence-corrected chi connectivity index (χ3v) is 3.61. The molecule has 122 valence electrons. The zero-order valence-electron chi connectivity index (χ0n) is 12.5. The second kappa shape index (κ2) is 8.70. The maximum Gasteiger partial charge on any atom is 0.410 e. The number of aliphatic hydroxyl groups is 1.